The van der Waals surface area contributed by atoms with Gasteiger partial charge in [0.05, 0.1) is 19.8 Å². The van der Waals surface area contributed by atoms with Gasteiger partial charge in [-0.1, -0.05) is 37.5 Å². The molecule has 1 aromatic rings. The number of para-hydroxylation sites is 1. The first-order chi connectivity index (χ1) is 14.2. The van der Waals surface area contributed by atoms with Crippen LogP contribution < -0.4 is 10.1 Å². The average Bonchev–Trinajstić information content (AvgIpc) is 3.26. The molecule has 1 heterocycles. The van der Waals surface area contributed by atoms with E-state index in [1.807, 2.05) is 24.3 Å². The number of hydrogen-bond donors (Lipinski definition) is 1. The summed E-state index contributed by atoms with van der Waals surface area (Å²) < 4.78 is 11.2. The maximum Gasteiger partial charge on any atom is 0.242 e. The summed E-state index contributed by atoms with van der Waals surface area (Å²) in [6.45, 7) is 1.77. The first-order valence-electron chi connectivity index (χ1n) is 10.9. The van der Waals surface area contributed by atoms with Gasteiger partial charge in [0.1, 0.15) is 5.75 Å². The van der Waals surface area contributed by atoms with E-state index in [9.17, 15) is 9.59 Å². The van der Waals surface area contributed by atoms with E-state index < -0.39 is 0 Å². The van der Waals surface area contributed by atoms with Crippen molar-refractivity contribution >= 4 is 11.8 Å². The van der Waals surface area contributed by atoms with Crippen molar-refractivity contribution in [3.63, 3.8) is 0 Å². The summed E-state index contributed by atoms with van der Waals surface area (Å²) >= 11 is 0. The topological polar surface area (TPSA) is 67.9 Å². The number of methoxy groups -OCH3 is 1. The van der Waals surface area contributed by atoms with Gasteiger partial charge in [-0.05, 0) is 37.7 Å². The molecule has 1 saturated heterocycles. The molecule has 1 aromatic carbocycles. The molecule has 1 saturated carbocycles. The van der Waals surface area contributed by atoms with Gasteiger partial charge in [-0.2, -0.15) is 0 Å². The lowest BCUT2D eigenvalue weighted by Gasteiger charge is -2.27. The number of nitrogens with one attached hydrogen (secondary N) is 1. The molecule has 3 rings (SSSR count). The van der Waals surface area contributed by atoms with Gasteiger partial charge >= 0.3 is 0 Å². The van der Waals surface area contributed by atoms with E-state index in [2.05, 4.69) is 5.32 Å². The van der Waals surface area contributed by atoms with Crippen LogP contribution in [-0.2, 0) is 20.9 Å². The Bertz CT molecular complexity index is 667. The third-order valence-corrected chi connectivity index (χ3v) is 5.99. The molecular formula is C23H34N2O4. The summed E-state index contributed by atoms with van der Waals surface area (Å²) in [7, 11) is 1.64. The zero-order valence-corrected chi connectivity index (χ0v) is 17.5. The Morgan fingerprint density at radius 3 is 2.66 bits per heavy atom. The van der Waals surface area contributed by atoms with Crippen molar-refractivity contribution in [1.29, 1.82) is 0 Å². The van der Waals surface area contributed by atoms with Crippen molar-refractivity contribution in [3.05, 3.63) is 29.8 Å². The highest BCUT2D eigenvalue weighted by Crippen LogP contribution is 2.26. The molecule has 6 heteroatoms. The minimum absolute atomic E-state index is 0.0143. The van der Waals surface area contributed by atoms with E-state index in [1.165, 1.54) is 19.3 Å². The van der Waals surface area contributed by atoms with Gasteiger partial charge in [0, 0.05) is 31.7 Å². The van der Waals surface area contributed by atoms with Gasteiger partial charge < -0.3 is 19.7 Å². The Labute approximate surface area is 173 Å². The number of amides is 2. The molecule has 1 atom stereocenters. The minimum Gasteiger partial charge on any atom is -0.496 e. The largest absolute Gasteiger partial charge is 0.496 e. The summed E-state index contributed by atoms with van der Waals surface area (Å²) in [6, 6.07) is 7.73. The van der Waals surface area contributed by atoms with E-state index in [0.29, 0.717) is 25.4 Å². The summed E-state index contributed by atoms with van der Waals surface area (Å²) in [6.07, 6.45) is 8.54. The molecular weight excluding hydrogens is 368 g/mol. The lowest BCUT2D eigenvalue weighted by atomic mass is 9.87. The summed E-state index contributed by atoms with van der Waals surface area (Å²) in [5.74, 6) is 1.14. The quantitative estimate of drug-likeness (QED) is 0.688. The highest BCUT2D eigenvalue weighted by atomic mass is 16.5. The van der Waals surface area contributed by atoms with Gasteiger partial charge in [-0.15, -0.1) is 0 Å². The lowest BCUT2D eigenvalue weighted by Crippen LogP contribution is -2.43. The van der Waals surface area contributed by atoms with Crippen molar-refractivity contribution in [1.82, 2.24) is 10.2 Å². The normalized spacial score (nSPS) is 19.7. The van der Waals surface area contributed by atoms with E-state index >= 15 is 0 Å². The molecule has 1 N–H and O–H groups in total. The summed E-state index contributed by atoms with van der Waals surface area (Å²) in [4.78, 5) is 27.0. The van der Waals surface area contributed by atoms with Crippen molar-refractivity contribution in [2.75, 3.05) is 26.8 Å². The highest BCUT2D eigenvalue weighted by Gasteiger charge is 2.24. The standard InChI is InChI=1S/C23H34N2O4/c1-28-21-12-6-5-10-19(21)16-25(17-20-11-7-13-29-20)23(27)15-24-22(26)14-18-8-3-2-4-9-18/h5-6,10,12,18,20H,2-4,7-9,11,13-17H2,1H3,(H,24,26). The number of rotatable bonds is 9. The van der Waals surface area contributed by atoms with Crippen molar-refractivity contribution in [2.45, 2.75) is 64.0 Å². The zero-order chi connectivity index (χ0) is 20.5. The second-order valence-electron chi connectivity index (χ2n) is 8.21. The Balaban J connectivity index is 1.56. The van der Waals surface area contributed by atoms with Crippen LogP contribution in [0.3, 0.4) is 0 Å². The van der Waals surface area contributed by atoms with Crippen LogP contribution in [0.15, 0.2) is 24.3 Å². The Hall–Kier alpha value is -2.08. The molecule has 0 spiro atoms. The number of benzene rings is 1. The molecule has 0 bridgehead atoms. The maximum absolute atomic E-state index is 12.9. The number of ether oxygens (including phenoxy) is 2. The molecule has 2 aliphatic rings. The monoisotopic (exact) mass is 402 g/mol. The highest BCUT2D eigenvalue weighted by molar-refractivity contribution is 5.84. The van der Waals surface area contributed by atoms with Crippen molar-refractivity contribution in [2.24, 2.45) is 5.92 Å². The SMILES string of the molecule is COc1ccccc1CN(CC1CCCO1)C(=O)CNC(=O)CC1CCCCC1. The number of carbonyl (C=O) groups is 2. The molecule has 1 aliphatic heterocycles. The van der Waals surface area contributed by atoms with Gasteiger partial charge in [-0.3, -0.25) is 9.59 Å². The number of nitrogens with zero attached hydrogens (tertiary/aromatic N) is 1. The Morgan fingerprint density at radius 1 is 1.14 bits per heavy atom. The third-order valence-electron chi connectivity index (χ3n) is 5.99. The van der Waals surface area contributed by atoms with Gasteiger partial charge in [0.25, 0.3) is 0 Å². The second-order valence-corrected chi connectivity index (χ2v) is 8.21. The first-order valence-corrected chi connectivity index (χ1v) is 10.9. The van der Waals surface area contributed by atoms with Crippen LogP contribution in [-0.4, -0.2) is 49.6 Å². The van der Waals surface area contributed by atoms with Crippen LogP contribution >= 0.6 is 0 Å². The van der Waals surface area contributed by atoms with E-state index in [4.69, 9.17) is 9.47 Å². The molecule has 0 radical (unpaired) electrons. The predicted molar refractivity (Wildman–Crippen MR) is 112 cm³/mol. The summed E-state index contributed by atoms with van der Waals surface area (Å²) in [5, 5.41) is 2.85. The van der Waals surface area contributed by atoms with Crippen molar-refractivity contribution < 1.29 is 19.1 Å². The van der Waals surface area contributed by atoms with Gasteiger partial charge in [-0.25, -0.2) is 0 Å². The molecule has 160 valence electrons. The van der Waals surface area contributed by atoms with E-state index in [-0.39, 0.29) is 24.5 Å². The molecule has 2 fully saturated rings. The molecule has 1 unspecified atom stereocenters. The third kappa shape index (κ3) is 6.74. The molecule has 2 amide bonds. The Morgan fingerprint density at radius 2 is 1.93 bits per heavy atom. The van der Waals surface area contributed by atoms with Gasteiger partial charge in [0.15, 0.2) is 0 Å². The van der Waals surface area contributed by atoms with Crippen LogP contribution in [0, 0.1) is 5.92 Å². The fourth-order valence-electron chi connectivity index (χ4n) is 4.34. The van der Waals surface area contributed by atoms with Crippen LogP contribution in [0.2, 0.25) is 0 Å². The second kappa shape index (κ2) is 11.2. The fourth-order valence-corrected chi connectivity index (χ4v) is 4.34. The Kier molecular flexibility index (Phi) is 8.35. The van der Waals surface area contributed by atoms with E-state index in [1.54, 1.807) is 12.0 Å². The summed E-state index contributed by atoms with van der Waals surface area (Å²) in [5.41, 5.74) is 0.954. The minimum atomic E-state index is -0.0802. The van der Waals surface area contributed by atoms with Crippen molar-refractivity contribution in [3.8, 4) is 5.75 Å². The molecule has 1 aliphatic carbocycles. The fraction of sp³-hybridized carbons (Fsp3) is 0.652. The van der Waals surface area contributed by atoms with Crippen LogP contribution in [0.4, 0.5) is 0 Å². The smallest absolute Gasteiger partial charge is 0.242 e. The van der Waals surface area contributed by atoms with Crippen LogP contribution in [0.25, 0.3) is 0 Å². The average molecular weight is 403 g/mol. The lowest BCUT2D eigenvalue weighted by molar-refractivity contribution is -0.135. The maximum atomic E-state index is 12.9. The van der Waals surface area contributed by atoms with E-state index in [0.717, 1.165) is 43.6 Å². The number of carbonyl (C=O) groups excluding carboxylic acids is 2. The molecule has 29 heavy (non-hydrogen) atoms. The van der Waals surface area contributed by atoms with Gasteiger partial charge in [0.2, 0.25) is 11.8 Å². The zero-order valence-electron chi connectivity index (χ0n) is 17.5. The van der Waals surface area contributed by atoms with Crippen LogP contribution in [0.1, 0.15) is 56.9 Å². The molecule has 6 nitrogen and oxygen atoms in total. The first kappa shape index (κ1) is 21.6. The predicted octanol–water partition coefficient (Wildman–Crippen LogP) is 3.29. The molecule has 0 aromatic heterocycles. The van der Waals surface area contributed by atoms with Crippen LogP contribution in [0.5, 0.6) is 5.75 Å². The number of hydrogen-bond acceptors (Lipinski definition) is 4.